The van der Waals surface area contributed by atoms with Gasteiger partial charge in [-0.1, -0.05) is 159 Å². The van der Waals surface area contributed by atoms with E-state index >= 15 is 0 Å². The first-order valence-corrected chi connectivity index (χ1v) is 20.6. The molecule has 0 spiro atoms. The lowest BCUT2D eigenvalue weighted by atomic mass is 9.81. The van der Waals surface area contributed by atoms with E-state index in [1.165, 1.54) is 99.2 Å². The molecule has 278 valence electrons. The first-order valence-electron chi connectivity index (χ1n) is 20.6. The number of hydrogen-bond acceptors (Lipinski definition) is 0. The van der Waals surface area contributed by atoms with Crippen molar-refractivity contribution < 1.29 is 0 Å². The number of hydrogen-bond donors (Lipinski definition) is 0. The number of para-hydroxylation sites is 2. The molecule has 9 aromatic carbocycles. The summed E-state index contributed by atoms with van der Waals surface area (Å²) >= 11 is 0. The van der Waals surface area contributed by atoms with Gasteiger partial charge in [-0.2, -0.15) is 0 Å². The van der Waals surface area contributed by atoms with Crippen LogP contribution in [0.3, 0.4) is 0 Å². The number of rotatable bonds is 5. The summed E-state index contributed by atoms with van der Waals surface area (Å²) in [5.74, 6) is 0. The molecule has 0 bridgehead atoms. The molecule has 59 heavy (non-hydrogen) atoms. The second kappa shape index (κ2) is 12.8. The van der Waals surface area contributed by atoms with E-state index in [2.05, 4.69) is 229 Å². The summed E-state index contributed by atoms with van der Waals surface area (Å²) in [7, 11) is 0. The topological polar surface area (TPSA) is 9.86 Å². The van der Waals surface area contributed by atoms with E-state index in [1.54, 1.807) is 0 Å². The summed E-state index contributed by atoms with van der Waals surface area (Å²) in [5, 5.41) is 5.01. The van der Waals surface area contributed by atoms with E-state index in [9.17, 15) is 0 Å². The van der Waals surface area contributed by atoms with Crippen LogP contribution >= 0.6 is 0 Å². The summed E-state index contributed by atoms with van der Waals surface area (Å²) in [6, 6.07) is 76.1. The summed E-state index contributed by atoms with van der Waals surface area (Å²) in [6.07, 6.45) is 0. The first kappa shape index (κ1) is 33.7. The monoisotopic (exact) mass is 752 g/mol. The molecule has 0 atom stereocenters. The van der Waals surface area contributed by atoms with Gasteiger partial charge in [-0.15, -0.1) is 0 Å². The standard InChI is InChI=1S/C57H40N2/c1-57(2)51-19-11-9-17-45(51)46-29-23-40(34-52(46)57)39-26-32-54-50(33-39)49-31-25-42(36-56(49)59(54)44-27-21-38(22-28-44)37-13-5-3-6-14-37)41-24-30-48-47-18-10-12-20-53(47)58(55(48)35-41)43-15-7-4-8-16-43/h3-36H,1-2H3. The van der Waals surface area contributed by atoms with Crippen LogP contribution in [0.15, 0.2) is 206 Å². The first-order chi connectivity index (χ1) is 29.0. The fourth-order valence-electron chi connectivity index (χ4n) is 9.98. The van der Waals surface area contributed by atoms with Crippen molar-refractivity contribution in [2.24, 2.45) is 0 Å². The smallest absolute Gasteiger partial charge is 0.0547 e. The normalized spacial score (nSPS) is 13.1. The van der Waals surface area contributed by atoms with E-state index in [0.717, 1.165) is 11.4 Å². The number of aromatic nitrogens is 2. The van der Waals surface area contributed by atoms with Crippen molar-refractivity contribution in [3.8, 4) is 55.9 Å². The van der Waals surface area contributed by atoms with Crippen LogP contribution in [0.4, 0.5) is 0 Å². The third-order valence-electron chi connectivity index (χ3n) is 12.9. The van der Waals surface area contributed by atoms with E-state index in [-0.39, 0.29) is 5.41 Å². The molecular weight excluding hydrogens is 713 g/mol. The Bertz CT molecular complexity index is 3440. The van der Waals surface area contributed by atoms with Crippen LogP contribution in [0.2, 0.25) is 0 Å². The highest BCUT2D eigenvalue weighted by atomic mass is 15.0. The lowest BCUT2D eigenvalue weighted by Gasteiger charge is -2.22. The van der Waals surface area contributed by atoms with Gasteiger partial charge in [-0.05, 0) is 116 Å². The maximum Gasteiger partial charge on any atom is 0.0547 e. The van der Waals surface area contributed by atoms with Gasteiger partial charge in [-0.3, -0.25) is 0 Å². The van der Waals surface area contributed by atoms with Crippen LogP contribution < -0.4 is 0 Å². The van der Waals surface area contributed by atoms with Gasteiger partial charge >= 0.3 is 0 Å². The van der Waals surface area contributed by atoms with Gasteiger partial charge in [0.2, 0.25) is 0 Å². The van der Waals surface area contributed by atoms with Crippen molar-refractivity contribution in [2.45, 2.75) is 19.3 Å². The quantitative estimate of drug-likeness (QED) is 0.166. The molecule has 1 aliphatic carbocycles. The van der Waals surface area contributed by atoms with Crippen LogP contribution in [0, 0.1) is 0 Å². The molecule has 0 unspecified atom stereocenters. The fourth-order valence-corrected chi connectivity index (χ4v) is 9.98. The van der Waals surface area contributed by atoms with Crippen LogP contribution in [0.5, 0.6) is 0 Å². The van der Waals surface area contributed by atoms with Crippen molar-refractivity contribution in [1.82, 2.24) is 9.13 Å². The lowest BCUT2D eigenvalue weighted by Crippen LogP contribution is -2.14. The minimum absolute atomic E-state index is 0.0527. The second-order valence-electron chi connectivity index (χ2n) is 16.6. The predicted molar refractivity (Wildman–Crippen MR) is 249 cm³/mol. The van der Waals surface area contributed by atoms with E-state index in [0.29, 0.717) is 0 Å². The average Bonchev–Trinajstić information content (AvgIpc) is 3.89. The molecule has 11 aromatic rings. The molecule has 2 heteroatoms. The fraction of sp³-hybridized carbons (Fsp3) is 0.0526. The van der Waals surface area contributed by atoms with Gasteiger partial charge < -0.3 is 9.13 Å². The van der Waals surface area contributed by atoms with Crippen LogP contribution in [-0.2, 0) is 5.41 Å². The summed E-state index contributed by atoms with van der Waals surface area (Å²) in [5.41, 5.74) is 19.9. The molecule has 0 radical (unpaired) electrons. The van der Waals surface area contributed by atoms with Gasteiger partial charge in [0.05, 0.1) is 22.1 Å². The third kappa shape index (κ3) is 5.13. The predicted octanol–water partition coefficient (Wildman–Crippen LogP) is 15.2. The number of fused-ring (bicyclic) bond motifs is 9. The molecular formula is C57H40N2. The van der Waals surface area contributed by atoms with Gasteiger partial charge in [-0.25, -0.2) is 0 Å². The molecule has 2 heterocycles. The Labute approximate surface area is 343 Å². The van der Waals surface area contributed by atoms with Gasteiger partial charge in [0.1, 0.15) is 0 Å². The van der Waals surface area contributed by atoms with Gasteiger partial charge in [0, 0.05) is 38.3 Å². The summed E-state index contributed by atoms with van der Waals surface area (Å²) in [4.78, 5) is 0. The molecule has 0 aliphatic heterocycles. The van der Waals surface area contributed by atoms with Crippen LogP contribution in [0.25, 0.3) is 99.5 Å². The molecule has 0 N–H and O–H groups in total. The molecule has 12 rings (SSSR count). The molecule has 0 amide bonds. The average molecular weight is 753 g/mol. The Morgan fingerprint density at radius 3 is 1.51 bits per heavy atom. The Balaban J connectivity index is 1.04. The van der Waals surface area contributed by atoms with Crippen molar-refractivity contribution in [3.63, 3.8) is 0 Å². The summed E-state index contributed by atoms with van der Waals surface area (Å²) in [6.45, 7) is 4.72. The Kier molecular flexibility index (Phi) is 7.31. The molecule has 1 aliphatic rings. The highest BCUT2D eigenvalue weighted by Gasteiger charge is 2.35. The Morgan fingerprint density at radius 2 is 0.763 bits per heavy atom. The molecule has 2 nitrogen and oxygen atoms in total. The molecule has 0 fully saturated rings. The third-order valence-corrected chi connectivity index (χ3v) is 12.9. The zero-order chi connectivity index (χ0) is 39.2. The van der Waals surface area contributed by atoms with Crippen molar-refractivity contribution in [1.29, 1.82) is 0 Å². The van der Waals surface area contributed by atoms with Crippen molar-refractivity contribution in [2.75, 3.05) is 0 Å². The van der Waals surface area contributed by atoms with E-state index in [4.69, 9.17) is 0 Å². The maximum atomic E-state index is 2.45. The Hall–Kier alpha value is -7.42. The lowest BCUT2D eigenvalue weighted by molar-refractivity contribution is 0.660. The minimum atomic E-state index is -0.0527. The highest BCUT2D eigenvalue weighted by Crippen LogP contribution is 2.50. The summed E-state index contributed by atoms with van der Waals surface area (Å²) < 4.78 is 4.85. The Morgan fingerprint density at radius 1 is 0.288 bits per heavy atom. The van der Waals surface area contributed by atoms with E-state index < -0.39 is 0 Å². The zero-order valence-corrected chi connectivity index (χ0v) is 33.0. The molecule has 0 saturated heterocycles. The highest BCUT2D eigenvalue weighted by molar-refractivity contribution is 6.13. The molecule has 0 saturated carbocycles. The number of nitrogens with zero attached hydrogens (tertiary/aromatic N) is 2. The van der Waals surface area contributed by atoms with Gasteiger partial charge in [0.15, 0.2) is 0 Å². The molecule has 2 aromatic heterocycles. The van der Waals surface area contributed by atoms with E-state index in [1.807, 2.05) is 0 Å². The largest absolute Gasteiger partial charge is 0.309 e. The van der Waals surface area contributed by atoms with Gasteiger partial charge in [0.25, 0.3) is 0 Å². The second-order valence-corrected chi connectivity index (χ2v) is 16.6. The van der Waals surface area contributed by atoms with Crippen molar-refractivity contribution >= 4 is 43.6 Å². The SMILES string of the molecule is CC1(C)c2ccccc2-c2ccc(-c3ccc4c(c3)c3ccc(-c5ccc6c7ccccc7n(-c7ccccc7)c6c5)cc3n4-c3ccc(-c4ccccc4)cc3)cc21. The number of benzene rings is 9. The zero-order valence-electron chi connectivity index (χ0n) is 33.0. The maximum absolute atomic E-state index is 2.45. The minimum Gasteiger partial charge on any atom is -0.309 e. The van der Waals surface area contributed by atoms with Crippen LogP contribution in [0.1, 0.15) is 25.0 Å². The van der Waals surface area contributed by atoms with Crippen LogP contribution in [-0.4, -0.2) is 9.13 Å². The van der Waals surface area contributed by atoms with Crippen molar-refractivity contribution in [3.05, 3.63) is 217 Å².